The molecule has 0 atom stereocenters. The molecule has 0 aromatic carbocycles. The smallest absolute Gasteiger partial charge is 0.267 e. The summed E-state index contributed by atoms with van der Waals surface area (Å²) >= 11 is 0. The molecule has 0 spiro atoms. The molecular formula is C16H25N3O2. The molecule has 2 N–H and O–H groups in total. The fourth-order valence-electron chi connectivity index (χ4n) is 2.85. The fourth-order valence-corrected chi connectivity index (χ4v) is 2.85. The third-order valence-corrected chi connectivity index (χ3v) is 4.30. The zero-order chi connectivity index (χ0) is 14.5. The van der Waals surface area contributed by atoms with Gasteiger partial charge >= 0.3 is 0 Å². The molecule has 1 saturated heterocycles. The molecule has 1 aromatic heterocycles. The van der Waals surface area contributed by atoms with Gasteiger partial charge in [0.15, 0.2) is 0 Å². The summed E-state index contributed by atoms with van der Waals surface area (Å²) in [6.45, 7) is 4.10. The van der Waals surface area contributed by atoms with Crippen molar-refractivity contribution in [2.24, 2.45) is 5.92 Å². The maximum atomic E-state index is 12.3. The first-order valence-electron chi connectivity index (χ1n) is 8.08. The first-order valence-corrected chi connectivity index (χ1v) is 8.08. The highest BCUT2D eigenvalue weighted by Crippen LogP contribution is 2.28. The molecule has 5 heteroatoms. The Morgan fingerprint density at radius 3 is 2.90 bits per heavy atom. The van der Waals surface area contributed by atoms with Crippen molar-refractivity contribution < 1.29 is 9.53 Å². The van der Waals surface area contributed by atoms with E-state index in [2.05, 4.69) is 15.2 Å². The molecule has 2 fully saturated rings. The van der Waals surface area contributed by atoms with Crippen molar-refractivity contribution in [1.82, 2.24) is 15.2 Å². The number of hydrogen-bond donors (Lipinski definition) is 2. The number of carbonyl (C=O) groups excluding carboxylic acids is 1. The summed E-state index contributed by atoms with van der Waals surface area (Å²) in [5, 5.41) is 6.32. The van der Waals surface area contributed by atoms with Crippen molar-refractivity contribution in [3.63, 3.8) is 0 Å². The minimum absolute atomic E-state index is 0.00792. The number of carbonyl (C=O) groups is 1. The molecule has 1 aromatic rings. The Kier molecular flexibility index (Phi) is 4.93. The largest absolute Gasteiger partial charge is 0.379 e. The summed E-state index contributed by atoms with van der Waals surface area (Å²) in [5.41, 5.74) is 0.768. The molecule has 1 aliphatic heterocycles. The van der Waals surface area contributed by atoms with Gasteiger partial charge in [0.25, 0.3) is 5.91 Å². The van der Waals surface area contributed by atoms with Crippen LogP contribution in [0.3, 0.4) is 0 Å². The van der Waals surface area contributed by atoms with Gasteiger partial charge in [-0.05, 0) is 56.8 Å². The van der Waals surface area contributed by atoms with Crippen molar-refractivity contribution in [2.45, 2.75) is 31.7 Å². The number of piperidine rings is 1. The number of ether oxygens (including phenoxy) is 1. The minimum Gasteiger partial charge on any atom is -0.379 e. The first kappa shape index (κ1) is 14.6. The highest BCUT2D eigenvalue weighted by molar-refractivity contribution is 5.92. The molecule has 0 unspecified atom stereocenters. The van der Waals surface area contributed by atoms with E-state index in [9.17, 15) is 4.79 Å². The topological polar surface area (TPSA) is 55.3 Å². The predicted octanol–water partition coefficient (Wildman–Crippen LogP) is 1.57. The van der Waals surface area contributed by atoms with Gasteiger partial charge in [-0.2, -0.15) is 0 Å². The number of amides is 1. The van der Waals surface area contributed by atoms with Crippen LogP contribution in [0.5, 0.6) is 0 Å². The monoisotopic (exact) mass is 291 g/mol. The van der Waals surface area contributed by atoms with E-state index >= 15 is 0 Å². The lowest BCUT2D eigenvalue weighted by atomic mass is 10.1. The Hall–Kier alpha value is -1.33. The minimum atomic E-state index is 0.00792. The van der Waals surface area contributed by atoms with Crippen LogP contribution >= 0.6 is 0 Å². The van der Waals surface area contributed by atoms with Gasteiger partial charge < -0.3 is 19.9 Å². The van der Waals surface area contributed by atoms with Gasteiger partial charge in [-0.3, -0.25) is 4.79 Å². The lowest BCUT2D eigenvalue weighted by Crippen LogP contribution is -2.33. The highest BCUT2D eigenvalue weighted by atomic mass is 16.5. The quantitative estimate of drug-likeness (QED) is 0.750. The molecule has 2 aliphatic rings. The standard InChI is InChI=1S/C16H25N3O2/c20-16(18-9-11-21-12-13-3-4-13)15-2-1-10-19(15)14-5-7-17-8-6-14/h1-2,10,13-14,17H,3-9,11-12H2,(H,18,20). The summed E-state index contributed by atoms with van der Waals surface area (Å²) in [4.78, 5) is 12.3. The van der Waals surface area contributed by atoms with Crippen LogP contribution < -0.4 is 10.6 Å². The average Bonchev–Trinajstić information content (AvgIpc) is 3.21. The molecule has 2 heterocycles. The van der Waals surface area contributed by atoms with E-state index in [0.717, 1.165) is 44.1 Å². The molecule has 1 amide bonds. The van der Waals surface area contributed by atoms with Crippen LogP contribution in [0.4, 0.5) is 0 Å². The molecule has 5 nitrogen and oxygen atoms in total. The zero-order valence-corrected chi connectivity index (χ0v) is 12.5. The molecular weight excluding hydrogens is 266 g/mol. The lowest BCUT2D eigenvalue weighted by Gasteiger charge is -2.25. The van der Waals surface area contributed by atoms with Crippen molar-refractivity contribution >= 4 is 5.91 Å². The Balaban J connectivity index is 1.46. The van der Waals surface area contributed by atoms with Crippen molar-refractivity contribution in [1.29, 1.82) is 0 Å². The predicted molar refractivity (Wildman–Crippen MR) is 81.4 cm³/mol. The average molecular weight is 291 g/mol. The molecule has 1 aliphatic carbocycles. The van der Waals surface area contributed by atoms with Gasteiger partial charge in [0, 0.05) is 25.4 Å². The van der Waals surface area contributed by atoms with Crippen LogP contribution in [-0.2, 0) is 4.74 Å². The van der Waals surface area contributed by atoms with Crippen LogP contribution in [-0.4, -0.2) is 43.3 Å². The summed E-state index contributed by atoms with van der Waals surface area (Å²) in [5.74, 6) is 0.784. The summed E-state index contributed by atoms with van der Waals surface area (Å²) in [6.07, 6.45) is 6.79. The van der Waals surface area contributed by atoms with Gasteiger partial charge in [0.2, 0.25) is 0 Å². The molecule has 21 heavy (non-hydrogen) atoms. The summed E-state index contributed by atoms with van der Waals surface area (Å²) in [6, 6.07) is 4.30. The third kappa shape index (κ3) is 4.08. The number of nitrogens with one attached hydrogen (secondary N) is 2. The van der Waals surface area contributed by atoms with Crippen molar-refractivity contribution in [3.8, 4) is 0 Å². The Morgan fingerprint density at radius 2 is 2.14 bits per heavy atom. The van der Waals surface area contributed by atoms with E-state index in [0.29, 0.717) is 19.2 Å². The molecule has 3 rings (SSSR count). The van der Waals surface area contributed by atoms with E-state index < -0.39 is 0 Å². The molecule has 0 radical (unpaired) electrons. The second kappa shape index (κ2) is 7.09. The van der Waals surface area contributed by atoms with Crippen LogP contribution in [0.25, 0.3) is 0 Å². The molecule has 0 bridgehead atoms. The first-order chi connectivity index (χ1) is 10.3. The van der Waals surface area contributed by atoms with E-state index in [1.54, 1.807) is 0 Å². The van der Waals surface area contributed by atoms with E-state index in [1.807, 2.05) is 18.3 Å². The lowest BCUT2D eigenvalue weighted by molar-refractivity contribution is 0.0894. The van der Waals surface area contributed by atoms with Crippen LogP contribution in [0.1, 0.15) is 42.2 Å². The molecule has 116 valence electrons. The number of aromatic nitrogens is 1. The van der Waals surface area contributed by atoms with Gasteiger partial charge in [0.1, 0.15) is 5.69 Å². The number of rotatable bonds is 7. The maximum absolute atomic E-state index is 12.3. The van der Waals surface area contributed by atoms with Crippen molar-refractivity contribution in [3.05, 3.63) is 24.0 Å². The van der Waals surface area contributed by atoms with E-state index in [-0.39, 0.29) is 5.91 Å². The summed E-state index contributed by atoms with van der Waals surface area (Å²) < 4.78 is 7.67. The second-order valence-corrected chi connectivity index (χ2v) is 6.06. The number of hydrogen-bond acceptors (Lipinski definition) is 3. The van der Waals surface area contributed by atoms with Gasteiger partial charge in [0.05, 0.1) is 6.61 Å². The highest BCUT2D eigenvalue weighted by Gasteiger charge is 2.21. The third-order valence-electron chi connectivity index (χ3n) is 4.30. The SMILES string of the molecule is O=C(NCCOCC1CC1)c1cccn1C1CCNCC1. The maximum Gasteiger partial charge on any atom is 0.267 e. The van der Waals surface area contributed by atoms with Crippen LogP contribution in [0.2, 0.25) is 0 Å². The van der Waals surface area contributed by atoms with Gasteiger partial charge in [-0.15, -0.1) is 0 Å². The van der Waals surface area contributed by atoms with E-state index in [4.69, 9.17) is 4.74 Å². The second-order valence-electron chi connectivity index (χ2n) is 6.06. The molecule has 1 saturated carbocycles. The van der Waals surface area contributed by atoms with Gasteiger partial charge in [-0.1, -0.05) is 0 Å². The normalized spacial score (nSPS) is 19.6. The van der Waals surface area contributed by atoms with Crippen LogP contribution in [0, 0.1) is 5.92 Å². The van der Waals surface area contributed by atoms with E-state index in [1.165, 1.54) is 12.8 Å². The Morgan fingerprint density at radius 1 is 1.33 bits per heavy atom. The Bertz CT molecular complexity index is 462. The fraction of sp³-hybridized carbons (Fsp3) is 0.688. The Labute approximate surface area is 126 Å². The number of nitrogens with zero attached hydrogens (tertiary/aromatic N) is 1. The van der Waals surface area contributed by atoms with Crippen molar-refractivity contribution in [2.75, 3.05) is 32.8 Å². The van der Waals surface area contributed by atoms with Gasteiger partial charge in [-0.25, -0.2) is 0 Å². The van der Waals surface area contributed by atoms with Crippen LogP contribution in [0.15, 0.2) is 18.3 Å². The summed E-state index contributed by atoms with van der Waals surface area (Å²) in [7, 11) is 0. The zero-order valence-electron chi connectivity index (χ0n) is 12.5.